The molecule has 1 aliphatic heterocycles. The van der Waals surface area contributed by atoms with E-state index in [1.807, 2.05) is 0 Å². The molecule has 1 atom stereocenters. The molecular formula is C26H32FNO4. The van der Waals surface area contributed by atoms with Gasteiger partial charge in [0.05, 0.1) is 19.3 Å². The number of amides is 1. The fourth-order valence-corrected chi connectivity index (χ4v) is 7.44. The summed E-state index contributed by atoms with van der Waals surface area (Å²) in [5, 5.41) is 0. The molecule has 1 aromatic carbocycles. The van der Waals surface area contributed by atoms with Crippen LogP contribution in [0.5, 0.6) is 5.75 Å². The van der Waals surface area contributed by atoms with E-state index in [1.54, 1.807) is 6.07 Å². The molecule has 6 aliphatic rings. The molecule has 1 saturated heterocycles. The fourth-order valence-electron chi connectivity index (χ4n) is 7.44. The van der Waals surface area contributed by atoms with Crippen LogP contribution in [0.3, 0.4) is 0 Å². The van der Waals surface area contributed by atoms with Gasteiger partial charge in [-0.25, -0.2) is 9.18 Å². The molecule has 0 aromatic heterocycles. The van der Waals surface area contributed by atoms with Crippen LogP contribution in [0.25, 0.3) is 0 Å². The SMILES string of the molecule is COC(=O)[C@@H]1CCN1C(=O)c1cc(C2CC2)c(OCC23CC4CC(CC(C4)C2)C3)cc1F. The first-order valence-electron chi connectivity index (χ1n) is 12.3. The quantitative estimate of drug-likeness (QED) is 0.601. The van der Waals surface area contributed by atoms with Gasteiger partial charge >= 0.3 is 5.97 Å². The van der Waals surface area contributed by atoms with Gasteiger partial charge in [0.2, 0.25) is 0 Å². The van der Waals surface area contributed by atoms with Gasteiger partial charge in [0.15, 0.2) is 0 Å². The van der Waals surface area contributed by atoms with Crippen molar-refractivity contribution in [1.29, 1.82) is 0 Å². The molecule has 7 rings (SSSR count). The second-order valence-corrected chi connectivity index (χ2v) is 11.2. The van der Waals surface area contributed by atoms with E-state index >= 15 is 4.39 Å². The standard InChI is InChI=1S/C26H32FNO4/c1-31-25(30)22-4-5-28(22)24(29)20-9-19(18-2-3-18)23(10-21(20)27)32-14-26-11-15-6-16(12-26)8-17(7-15)13-26/h9-10,15-18,22H,2-8,11-14H2,1H3/t15?,16?,17?,22-,26?/m0/s1. The lowest BCUT2D eigenvalue weighted by Gasteiger charge is -2.56. The maximum absolute atomic E-state index is 15.1. The number of ether oxygens (including phenoxy) is 2. The van der Waals surface area contributed by atoms with E-state index in [-0.39, 0.29) is 11.0 Å². The summed E-state index contributed by atoms with van der Waals surface area (Å²) in [6.45, 7) is 1.11. The molecule has 0 unspecified atom stereocenters. The Bertz CT molecular complexity index is 920. The van der Waals surface area contributed by atoms with Gasteiger partial charge in [-0.05, 0) is 93.1 Å². The lowest BCUT2D eigenvalue weighted by atomic mass is 9.50. The molecule has 32 heavy (non-hydrogen) atoms. The van der Waals surface area contributed by atoms with E-state index < -0.39 is 23.7 Å². The van der Waals surface area contributed by atoms with Crippen molar-refractivity contribution in [3.8, 4) is 5.75 Å². The van der Waals surface area contributed by atoms with E-state index in [4.69, 9.17) is 9.47 Å². The zero-order valence-corrected chi connectivity index (χ0v) is 18.8. The highest BCUT2D eigenvalue weighted by atomic mass is 19.1. The Morgan fingerprint density at radius 3 is 2.25 bits per heavy atom. The number of benzene rings is 1. The molecule has 172 valence electrons. The Labute approximate surface area is 188 Å². The van der Waals surface area contributed by atoms with Crippen molar-refractivity contribution in [2.45, 2.75) is 69.7 Å². The molecule has 1 aromatic rings. The molecular weight excluding hydrogens is 409 g/mol. The van der Waals surface area contributed by atoms with Crippen molar-refractivity contribution < 1.29 is 23.5 Å². The first kappa shape index (κ1) is 20.5. The molecule has 6 fully saturated rings. The number of halogens is 1. The highest BCUT2D eigenvalue weighted by Gasteiger charge is 2.51. The Balaban J connectivity index is 1.22. The Hall–Kier alpha value is -2.11. The van der Waals surface area contributed by atoms with E-state index in [1.165, 1.54) is 56.6 Å². The highest BCUT2D eigenvalue weighted by molar-refractivity contribution is 5.98. The number of likely N-dealkylation sites (tertiary alicyclic amines) is 1. The molecule has 5 aliphatic carbocycles. The minimum Gasteiger partial charge on any atom is -0.493 e. The van der Waals surface area contributed by atoms with Crippen molar-refractivity contribution >= 4 is 11.9 Å². The van der Waals surface area contributed by atoms with Gasteiger partial charge in [-0.3, -0.25) is 4.79 Å². The number of carbonyl (C=O) groups excluding carboxylic acids is 2. The summed E-state index contributed by atoms with van der Waals surface area (Å²) < 4.78 is 26.3. The summed E-state index contributed by atoms with van der Waals surface area (Å²) in [6.07, 6.45) is 10.6. The number of carbonyl (C=O) groups is 2. The largest absolute Gasteiger partial charge is 0.493 e. The minimum atomic E-state index is -0.608. The number of hydrogen-bond acceptors (Lipinski definition) is 4. The molecule has 1 amide bonds. The van der Waals surface area contributed by atoms with Crippen molar-refractivity contribution in [2.75, 3.05) is 20.3 Å². The maximum atomic E-state index is 15.1. The second-order valence-electron chi connectivity index (χ2n) is 11.2. The second kappa shape index (κ2) is 7.46. The molecule has 6 heteroatoms. The van der Waals surface area contributed by atoms with Crippen LogP contribution in [-0.2, 0) is 9.53 Å². The average molecular weight is 442 g/mol. The van der Waals surface area contributed by atoms with Crippen LogP contribution in [0.2, 0.25) is 0 Å². The predicted octanol–water partition coefficient (Wildman–Crippen LogP) is 4.69. The first-order valence-corrected chi connectivity index (χ1v) is 12.3. The van der Waals surface area contributed by atoms with Crippen LogP contribution in [0.4, 0.5) is 4.39 Å². The average Bonchev–Trinajstić information content (AvgIpc) is 3.55. The summed E-state index contributed by atoms with van der Waals surface area (Å²) in [4.78, 5) is 26.3. The van der Waals surface area contributed by atoms with Crippen LogP contribution in [0, 0.1) is 29.0 Å². The minimum absolute atomic E-state index is 0.0441. The summed E-state index contributed by atoms with van der Waals surface area (Å²) in [6, 6.07) is 2.51. The van der Waals surface area contributed by atoms with Gasteiger partial charge in [-0.1, -0.05) is 0 Å². The molecule has 0 radical (unpaired) electrons. The van der Waals surface area contributed by atoms with Gasteiger partial charge in [-0.2, -0.15) is 0 Å². The van der Waals surface area contributed by atoms with Gasteiger partial charge in [0.25, 0.3) is 5.91 Å². The topological polar surface area (TPSA) is 55.8 Å². The monoisotopic (exact) mass is 441 g/mol. The molecule has 4 bridgehead atoms. The van der Waals surface area contributed by atoms with E-state index in [0.29, 0.717) is 31.2 Å². The van der Waals surface area contributed by atoms with Crippen LogP contribution in [0.1, 0.15) is 79.6 Å². The van der Waals surface area contributed by atoms with Crippen molar-refractivity contribution in [2.24, 2.45) is 23.2 Å². The first-order chi connectivity index (χ1) is 15.4. The fraction of sp³-hybridized carbons (Fsp3) is 0.692. The predicted molar refractivity (Wildman–Crippen MR) is 116 cm³/mol. The summed E-state index contributed by atoms with van der Waals surface area (Å²) in [5.41, 5.74) is 1.25. The van der Waals surface area contributed by atoms with E-state index in [0.717, 1.165) is 36.2 Å². The number of rotatable bonds is 6. The van der Waals surface area contributed by atoms with Gasteiger partial charge in [-0.15, -0.1) is 0 Å². The zero-order chi connectivity index (χ0) is 22.0. The maximum Gasteiger partial charge on any atom is 0.328 e. The van der Waals surface area contributed by atoms with Gasteiger partial charge < -0.3 is 14.4 Å². The number of hydrogen-bond donors (Lipinski definition) is 0. The Kier molecular flexibility index (Phi) is 4.78. The van der Waals surface area contributed by atoms with E-state index in [9.17, 15) is 9.59 Å². The molecule has 0 N–H and O–H groups in total. The van der Waals surface area contributed by atoms with Crippen LogP contribution in [0.15, 0.2) is 12.1 Å². The third-order valence-corrected chi connectivity index (χ3v) is 8.80. The van der Waals surface area contributed by atoms with Crippen LogP contribution in [-0.4, -0.2) is 43.1 Å². The van der Waals surface area contributed by atoms with Crippen molar-refractivity contribution in [3.05, 3.63) is 29.1 Å². The Morgan fingerprint density at radius 1 is 1.06 bits per heavy atom. The normalized spacial score (nSPS) is 34.9. The van der Waals surface area contributed by atoms with E-state index in [2.05, 4.69) is 0 Å². The summed E-state index contributed by atoms with van der Waals surface area (Å²) >= 11 is 0. The summed E-state index contributed by atoms with van der Waals surface area (Å²) in [5.74, 6) is 2.07. The van der Waals surface area contributed by atoms with Gasteiger partial charge in [0.1, 0.15) is 17.6 Å². The summed E-state index contributed by atoms with van der Waals surface area (Å²) in [7, 11) is 1.31. The molecule has 5 saturated carbocycles. The van der Waals surface area contributed by atoms with Crippen molar-refractivity contribution in [3.63, 3.8) is 0 Å². The smallest absolute Gasteiger partial charge is 0.328 e. The number of methoxy groups -OCH3 is 1. The third kappa shape index (κ3) is 3.41. The lowest BCUT2D eigenvalue weighted by Crippen LogP contribution is -2.55. The highest BCUT2D eigenvalue weighted by Crippen LogP contribution is 2.60. The number of esters is 1. The molecule has 1 heterocycles. The Morgan fingerprint density at radius 2 is 1.72 bits per heavy atom. The van der Waals surface area contributed by atoms with Crippen LogP contribution < -0.4 is 4.74 Å². The van der Waals surface area contributed by atoms with Gasteiger partial charge in [0, 0.05) is 18.0 Å². The number of nitrogens with zero attached hydrogens (tertiary/aromatic N) is 1. The lowest BCUT2D eigenvalue weighted by molar-refractivity contribution is -0.149. The molecule has 5 nitrogen and oxygen atoms in total. The zero-order valence-electron chi connectivity index (χ0n) is 18.8. The van der Waals surface area contributed by atoms with Crippen molar-refractivity contribution in [1.82, 2.24) is 4.90 Å². The van der Waals surface area contributed by atoms with Crippen LogP contribution >= 0.6 is 0 Å². The molecule has 0 spiro atoms. The third-order valence-electron chi connectivity index (χ3n) is 8.80.